The maximum Gasteiger partial charge on any atom is 0.331 e. The van der Waals surface area contributed by atoms with E-state index in [2.05, 4.69) is 34.1 Å². The van der Waals surface area contributed by atoms with Crippen LogP contribution < -0.4 is 16.1 Å². The summed E-state index contributed by atoms with van der Waals surface area (Å²) < 4.78 is 7.87. The summed E-state index contributed by atoms with van der Waals surface area (Å²) in [5.41, 5.74) is 1.20. The standard InChI is InChI=1S/C19H22N4O3/c1-20-17-14-26-13-16(17)18(24)23(19(20)25)12-9-21-7-10-22(11-8-21)15-5-3-2-4-6-15/h2-6,13-14H,7-12H2,1H3. The Morgan fingerprint density at radius 1 is 0.962 bits per heavy atom. The molecule has 0 spiro atoms. The van der Waals surface area contributed by atoms with E-state index in [9.17, 15) is 9.59 Å². The fourth-order valence-corrected chi connectivity index (χ4v) is 3.53. The third kappa shape index (κ3) is 2.94. The summed E-state index contributed by atoms with van der Waals surface area (Å²) in [4.78, 5) is 29.7. The Hall–Kier alpha value is -2.80. The monoisotopic (exact) mass is 354 g/mol. The fourth-order valence-electron chi connectivity index (χ4n) is 3.53. The lowest BCUT2D eigenvalue weighted by molar-refractivity contribution is 0.245. The van der Waals surface area contributed by atoms with Crippen LogP contribution in [0, 0.1) is 0 Å². The lowest BCUT2D eigenvalue weighted by Crippen LogP contribution is -2.48. The highest BCUT2D eigenvalue weighted by Gasteiger charge is 2.18. The normalized spacial score (nSPS) is 15.7. The van der Waals surface area contributed by atoms with Gasteiger partial charge in [0.25, 0.3) is 5.56 Å². The van der Waals surface area contributed by atoms with Gasteiger partial charge in [0.05, 0.1) is 5.52 Å². The number of piperazine rings is 1. The summed E-state index contributed by atoms with van der Waals surface area (Å²) in [6.45, 7) is 4.78. The van der Waals surface area contributed by atoms with E-state index in [4.69, 9.17) is 4.42 Å². The van der Waals surface area contributed by atoms with E-state index >= 15 is 0 Å². The lowest BCUT2D eigenvalue weighted by Gasteiger charge is -2.36. The van der Waals surface area contributed by atoms with Crippen LogP contribution in [0.2, 0.25) is 0 Å². The van der Waals surface area contributed by atoms with Gasteiger partial charge in [0.1, 0.15) is 17.9 Å². The van der Waals surface area contributed by atoms with E-state index in [0.717, 1.165) is 26.2 Å². The Morgan fingerprint density at radius 3 is 2.42 bits per heavy atom. The summed E-state index contributed by atoms with van der Waals surface area (Å²) in [5.74, 6) is 0. The van der Waals surface area contributed by atoms with Gasteiger partial charge in [-0.1, -0.05) is 18.2 Å². The van der Waals surface area contributed by atoms with Crippen LogP contribution in [0.5, 0.6) is 0 Å². The first-order valence-electron chi connectivity index (χ1n) is 8.83. The third-order valence-corrected chi connectivity index (χ3v) is 5.13. The fraction of sp³-hybridized carbons (Fsp3) is 0.368. The zero-order valence-electron chi connectivity index (χ0n) is 14.8. The molecule has 0 amide bonds. The molecule has 1 aromatic carbocycles. The highest BCUT2D eigenvalue weighted by Crippen LogP contribution is 2.15. The molecular formula is C19H22N4O3. The van der Waals surface area contributed by atoms with Crippen molar-refractivity contribution in [3.8, 4) is 0 Å². The molecule has 0 saturated carbocycles. The number of furan rings is 1. The van der Waals surface area contributed by atoms with Gasteiger partial charge in [0, 0.05) is 52.0 Å². The molecule has 4 rings (SSSR count). The smallest absolute Gasteiger partial charge is 0.331 e. The quantitative estimate of drug-likeness (QED) is 0.702. The van der Waals surface area contributed by atoms with Crippen LogP contribution >= 0.6 is 0 Å². The number of benzene rings is 1. The van der Waals surface area contributed by atoms with Gasteiger partial charge in [-0.05, 0) is 12.1 Å². The maximum atomic E-state index is 12.5. The van der Waals surface area contributed by atoms with Gasteiger partial charge in [-0.25, -0.2) is 4.79 Å². The summed E-state index contributed by atoms with van der Waals surface area (Å²) in [6, 6.07) is 10.4. The van der Waals surface area contributed by atoms with E-state index < -0.39 is 0 Å². The van der Waals surface area contributed by atoms with E-state index in [-0.39, 0.29) is 11.2 Å². The van der Waals surface area contributed by atoms with Crippen molar-refractivity contribution in [1.29, 1.82) is 0 Å². The predicted molar refractivity (Wildman–Crippen MR) is 101 cm³/mol. The van der Waals surface area contributed by atoms with Crippen molar-refractivity contribution in [3.63, 3.8) is 0 Å². The summed E-state index contributed by atoms with van der Waals surface area (Å²) in [6.07, 6.45) is 2.84. The minimum absolute atomic E-state index is 0.278. The number of para-hydroxylation sites is 1. The number of fused-ring (bicyclic) bond motifs is 1. The van der Waals surface area contributed by atoms with Crippen LogP contribution in [0.1, 0.15) is 0 Å². The number of nitrogens with zero attached hydrogens (tertiary/aromatic N) is 4. The first-order chi connectivity index (χ1) is 12.6. The Labute approximate surface area is 150 Å². The van der Waals surface area contributed by atoms with Crippen LogP contribution in [-0.2, 0) is 13.6 Å². The zero-order valence-corrected chi connectivity index (χ0v) is 14.8. The molecule has 2 aromatic heterocycles. The Bertz CT molecular complexity index is 1010. The largest absolute Gasteiger partial charge is 0.470 e. The molecule has 1 fully saturated rings. The molecule has 1 aliphatic rings. The number of anilines is 1. The van der Waals surface area contributed by atoms with Crippen molar-refractivity contribution in [1.82, 2.24) is 14.0 Å². The van der Waals surface area contributed by atoms with Crippen LogP contribution in [0.4, 0.5) is 5.69 Å². The number of hydrogen-bond acceptors (Lipinski definition) is 5. The first-order valence-corrected chi connectivity index (χ1v) is 8.83. The first kappa shape index (κ1) is 16.7. The molecule has 0 bridgehead atoms. The maximum absolute atomic E-state index is 12.5. The summed E-state index contributed by atoms with van der Waals surface area (Å²) in [5, 5.41) is 0.445. The van der Waals surface area contributed by atoms with Gasteiger partial charge in [0.15, 0.2) is 0 Å². The average Bonchev–Trinajstić information content (AvgIpc) is 3.18. The van der Waals surface area contributed by atoms with Crippen molar-refractivity contribution in [3.05, 3.63) is 63.7 Å². The second-order valence-corrected chi connectivity index (χ2v) is 6.63. The second kappa shape index (κ2) is 6.84. The van der Waals surface area contributed by atoms with E-state index in [0.29, 0.717) is 24.0 Å². The van der Waals surface area contributed by atoms with Gasteiger partial charge < -0.3 is 9.32 Å². The predicted octanol–water partition coefficient (Wildman–Crippen LogP) is 1.12. The highest BCUT2D eigenvalue weighted by molar-refractivity contribution is 5.76. The number of aromatic nitrogens is 2. The Morgan fingerprint density at radius 2 is 1.69 bits per heavy atom. The van der Waals surface area contributed by atoms with Gasteiger partial charge >= 0.3 is 5.69 Å². The van der Waals surface area contributed by atoms with Crippen molar-refractivity contribution in [2.75, 3.05) is 37.6 Å². The summed E-state index contributed by atoms with van der Waals surface area (Å²) >= 11 is 0. The molecule has 1 aliphatic heterocycles. The molecule has 0 aliphatic carbocycles. The van der Waals surface area contributed by atoms with Crippen molar-refractivity contribution in [2.24, 2.45) is 7.05 Å². The van der Waals surface area contributed by atoms with Crippen LogP contribution in [0.3, 0.4) is 0 Å². The van der Waals surface area contributed by atoms with Gasteiger partial charge in [-0.2, -0.15) is 0 Å². The topological polar surface area (TPSA) is 63.6 Å². The molecule has 0 radical (unpaired) electrons. The number of aryl methyl sites for hydroxylation is 1. The van der Waals surface area contributed by atoms with E-state index in [1.165, 1.54) is 27.3 Å². The van der Waals surface area contributed by atoms with E-state index in [1.807, 2.05) is 6.07 Å². The zero-order chi connectivity index (χ0) is 18.1. The summed E-state index contributed by atoms with van der Waals surface area (Å²) in [7, 11) is 1.66. The molecule has 3 aromatic rings. The molecule has 7 heteroatoms. The molecule has 26 heavy (non-hydrogen) atoms. The van der Waals surface area contributed by atoms with E-state index in [1.54, 1.807) is 7.05 Å². The molecule has 0 N–H and O–H groups in total. The molecule has 136 valence electrons. The average molecular weight is 354 g/mol. The van der Waals surface area contributed by atoms with Crippen molar-refractivity contribution in [2.45, 2.75) is 6.54 Å². The van der Waals surface area contributed by atoms with Crippen LogP contribution in [-0.4, -0.2) is 46.8 Å². The highest BCUT2D eigenvalue weighted by atomic mass is 16.3. The molecule has 0 atom stereocenters. The van der Waals surface area contributed by atoms with Crippen LogP contribution in [0.15, 0.2) is 56.9 Å². The number of hydrogen-bond donors (Lipinski definition) is 0. The second-order valence-electron chi connectivity index (χ2n) is 6.63. The SMILES string of the molecule is Cn1c(=O)n(CCN2CCN(c3ccccc3)CC2)c(=O)c2cocc21. The minimum atomic E-state index is -0.299. The van der Waals surface area contributed by atoms with Gasteiger partial charge in [0.2, 0.25) is 0 Å². The molecule has 7 nitrogen and oxygen atoms in total. The van der Waals surface area contributed by atoms with Gasteiger partial charge in [-0.15, -0.1) is 0 Å². The van der Waals surface area contributed by atoms with Crippen molar-refractivity contribution < 1.29 is 4.42 Å². The molecular weight excluding hydrogens is 332 g/mol. The molecule has 0 unspecified atom stereocenters. The molecule has 3 heterocycles. The van der Waals surface area contributed by atoms with Crippen molar-refractivity contribution >= 4 is 16.6 Å². The third-order valence-electron chi connectivity index (χ3n) is 5.13. The Balaban J connectivity index is 1.44. The lowest BCUT2D eigenvalue weighted by atomic mass is 10.2. The van der Waals surface area contributed by atoms with Crippen LogP contribution in [0.25, 0.3) is 10.9 Å². The number of rotatable bonds is 4. The Kier molecular flexibility index (Phi) is 4.38. The molecule has 1 saturated heterocycles. The van der Waals surface area contributed by atoms with Gasteiger partial charge in [-0.3, -0.25) is 18.8 Å². The minimum Gasteiger partial charge on any atom is -0.470 e.